The zero-order chi connectivity index (χ0) is 19.4. The second-order valence-electron chi connectivity index (χ2n) is 7.21. The molecule has 1 aromatic carbocycles. The molecule has 1 amide bonds. The number of nitrogens with zero attached hydrogens (tertiary/aromatic N) is 2. The summed E-state index contributed by atoms with van der Waals surface area (Å²) in [6.45, 7) is 6.92. The molecule has 0 aliphatic rings. The van der Waals surface area contributed by atoms with Gasteiger partial charge in [0.2, 0.25) is 0 Å². The molecular formula is C20H23N3O2S2. The summed E-state index contributed by atoms with van der Waals surface area (Å²) >= 11 is 3.24. The highest BCUT2D eigenvalue weighted by Crippen LogP contribution is 2.22. The van der Waals surface area contributed by atoms with E-state index in [4.69, 9.17) is 0 Å². The molecule has 5 nitrogen and oxygen atoms in total. The highest BCUT2D eigenvalue weighted by molar-refractivity contribution is 8.00. The lowest BCUT2D eigenvalue weighted by Crippen LogP contribution is -2.32. The predicted molar refractivity (Wildman–Crippen MR) is 113 cm³/mol. The van der Waals surface area contributed by atoms with Gasteiger partial charge in [-0.1, -0.05) is 51.1 Å². The quantitative estimate of drug-likeness (QED) is 0.641. The van der Waals surface area contributed by atoms with Gasteiger partial charge in [0, 0.05) is 40.7 Å². The van der Waals surface area contributed by atoms with Gasteiger partial charge in [-0.25, -0.2) is 4.98 Å². The molecule has 1 N–H and O–H groups in total. The van der Waals surface area contributed by atoms with Crippen molar-refractivity contribution in [2.45, 2.75) is 31.9 Å². The summed E-state index contributed by atoms with van der Waals surface area (Å²) in [5, 5.41) is 2.81. The minimum Gasteiger partial charge on any atom is -0.351 e. The molecule has 0 aliphatic heterocycles. The molecule has 0 bridgehead atoms. The summed E-state index contributed by atoms with van der Waals surface area (Å²) in [6, 6.07) is 10.1. The molecule has 2 aromatic heterocycles. The van der Waals surface area contributed by atoms with Gasteiger partial charge < -0.3 is 5.32 Å². The molecule has 0 spiro atoms. The van der Waals surface area contributed by atoms with Crippen LogP contribution in [0.2, 0.25) is 0 Å². The third kappa shape index (κ3) is 5.20. The molecule has 0 aliphatic carbocycles. The van der Waals surface area contributed by atoms with Crippen molar-refractivity contribution in [1.29, 1.82) is 0 Å². The first kappa shape index (κ1) is 19.6. The Bertz CT molecular complexity index is 988. The minimum atomic E-state index is -0.368. The monoisotopic (exact) mass is 401 g/mol. The summed E-state index contributed by atoms with van der Waals surface area (Å²) in [4.78, 5) is 31.0. The van der Waals surface area contributed by atoms with Crippen molar-refractivity contribution >= 4 is 34.0 Å². The molecule has 0 atom stereocenters. The van der Waals surface area contributed by atoms with Gasteiger partial charge in [-0.05, 0) is 5.56 Å². The first-order valence-electron chi connectivity index (χ1n) is 8.80. The molecular weight excluding hydrogens is 378 g/mol. The van der Waals surface area contributed by atoms with Crippen molar-refractivity contribution in [1.82, 2.24) is 14.7 Å². The molecule has 27 heavy (non-hydrogen) atoms. The van der Waals surface area contributed by atoms with E-state index in [0.29, 0.717) is 11.5 Å². The Hall–Kier alpha value is -2.12. The first-order valence-corrected chi connectivity index (χ1v) is 10.6. The Kier molecular flexibility index (Phi) is 6.01. The van der Waals surface area contributed by atoms with Crippen molar-refractivity contribution in [3.63, 3.8) is 0 Å². The SMILES string of the molecule is CC(C)(C)SCCNC(=O)c1cnc2sc(Cc3ccccc3)cn2c1=O. The molecule has 142 valence electrons. The van der Waals surface area contributed by atoms with E-state index < -0.39 is 0 Å². The highest BCUT2D eigenvalue weighted by atomic mass is 32.2. The van der Waals surface area contributed by atoms with E-state index in [-0.39, 0.29) is 21.8 Å². The predicted octanol–water partition coefficient (Wildman–Crippen LogP) is 3.61. The standard InChI is InChI=1S/C20H23N3O2S2/c1-20(2,3)26-10-9-21-17(24)16-12-22-19-23(18(16)25)13-15(27-19)11-14-7-5-4-6-8-14/h4-8,12-13H,9-11H2,1-3H3,(H,21,24). The number of hydrogen-bond acceptors (Lipinski definition) is 5. The molecule has 7 heteroatoms. The lowest BCUT2D eigenvalue weighted by Gasteiger charge is -2.17. The Morgan fingerprint density at radius 2 is 2.00 bits per heavy atom. The van der Waals surface area contributed by atoms with Gasteiger partial charge in [0.05, 0.1) is 0 Å². The van der Waals surface area contributed by atoms with Gasteiger partial charge in [0.25, 0.3) is 11.5 Å². The van der Waals surface area contributed by atoms with Gasteiger partial charge in [-0.2, -0.15) is 11.8 Å². The number of rotatable bonds is 6. The lowest BCUT2D eigenvalue weighted by molar-refractivity contribution is 0.0954. The fourth-order valence-electron chi connectivity index (χ4n) is 2.58. The summed E-state index contributed by atoms with van der Waals surface area (Å²) in [5.74, 6) is 0.429. The fraction of sp³-hybridized carbons (Fsp3) is 0.350. The molecule has 0 saturated carbocycles. The topological polar surface area (TPSA) is 63.5 Å². The summed E-state index contributed by atoms with van der Waals surface area (Å²) < 4.78 is 1.62. The van der Waals surface area contributed by atoms with Crippen LogP contribution in [0.4, 0.5) is 0 Å². The second kappa shape index (κ2) is 8.27. The van der Waals surface area contributed by atoms with Crippen molar-refractivity contribution in [2.75, 3.05) is 12.3 Å². The largest absolute Gasteiger partial charge is 0.351 e. The minimum absolute atomic E-state index is 0.0809. The number of carbonyl (C=O) groups excluding carboxylic acids is 1. The third-order valence-corrected chi connectivity index (χ3v) is 6.11. The second-order valence-corrected chi connectivity index (χ2v) is 10.2. The molecule has 0 unspecified atom stereocenters. The van der Waals surface area contributed by atoms with E-state index in [2.05, 4.69) is 43.2 Å². The average molecular weight is 402 g/mol. The van der Waals surface area contributed by atoms with E-state index in [1.54, 1.807) is 18.0 Å². The number of fused-ring (bicyclic) bond motifs is 1. The van der Waals surface area contributed by atoms with Crippen LogP contribution in [0.25, 0.3) is 4.96 Å². The van der Waals surface area contributed by atoms with Gasteiger partial charge in [0.15, 0.2) is 4.96 Å². The number of thiazole rings is 1. The van der Waals surface area contributed by atoms with Crippen LogP contribution in [0, 0.1) is 0 Å². The molecule has 2 heterocycles. The lowest BCUT2D eigenvalue weighted by atomic mass is 10.1. The van der Waals surface area contributed by atoms with E-state index in [9.17, 15) is 9.59 Å². The van der Waals surface area contributed by atoms with Crippen LogP contribution >= 0.6 is 23.1 Å². The van der Waals surface area contributed by atoms with Gasteiger partial charge >= 0.3 is 0 Å². The van der Waals surface area contributed by atoms with Crippen molar-refractivity contribution in [2.24, 2.45) is 0 Å². The Labute approximate surface area is 166 Å². The Balaban J connectivity index is 1.73. The fourth-order valence-corrected chi connectivity index (χ4v) is 4.37. The van der Waals surface area contributed by atoms with E-state index in [0.717, 1.165) is 17.1 Å². The highest BCUT2D eigenvalue weighted by Gasteiger charge is 2.16. The number of nitrogens with one attached hydrogen (secondary N) is 1. The van der Waals surface area contributed by atoms with Gasteiger partial charge in [0.1, 0.15) is 5.56 Å². The Morgan fingerprint density at radius 3 is 2.70 bits per heavy atom. The van der Waals surface area contributed by atoms with E-state index >= 15 is 0 Å². The van der Waals surface area contributed by atoms with Crippen LogP contribution < -0.4 is 10.9 Å². The third-order valence-electron chi connectivity index (χ3n) is 3.84. The zero-order valence-corrected chi connectivity index (χ0v) is 17.3. The van der Waals surface area contributed by atoms with E-state index in [1.807, 2.05) is 18.2 Å². The van der Waals surface area contributed by atoms with Crippen LogP contribution in [-0.4, -0.2) is 32.3 Å². The number of benzene rings is 1. The molecule has 3 rings (SSSR count). The first-order chi connectivity index (χ1) is 12.8. The maximum atomic E-state index is 12.7. The van der Waals surface area contributed by atoms with E-state index in [1.165, 1.54) is 27.5 Å². The number of aromatic nitrogens is 2. The summed E-state index contributed by atoms with van der Waals surface area (Å²) in [6.07, 6.45) is 3.90. The summed E-state index contributed by atoms with van der Waals surface area (Å²) in [7, 11) is 0. The van der Waals surface area contributed by atoms with Crippen molar-refractivity contribution < 1.29 is 4.79 Å². The number of carbonyl (C=O) groups is 1. The Morgan fingerprint density at radius 1 is 1.26 bits per heavy atom. The van der Waals surface area contributed by atoms with Gasteiger partial charge in [-0.3, -0.25) is 14.0 Å². The zero-order valence-electron chi connectivity index (χ0n) is 15.7. The maximum absolute atomic E-state index is 12.7. The van der Waals surface area contributed by atoms with Crippen LogP contribution in [-0.2, 0) is 6.42 Å². The van der Waals surface area contributed by atoms with Crippen LogP contribution in [0.3, 0.4) is 0 Å². The molecule has 0 radical (unpaired) electrons. The van der Waals surface area contributed by atoms with Crippen LogP contribution in [0.1, 0.15) is 41.6 Å². The summed E-state index contributed by atoms with van der Waals surface area (Å²) in [5.41, 5.74) is 0.931. The number of thioether (sulfide) groups is 1. The van der Waals surface area contributed by atoms with Crippen molar-refractivity contribution in [3.8, 4) is 0 Å². The van der Waals surface area contributed by atoms with Crippen molar-refractivity contribution in [3.05, 3.63) is 69.1 Å². The van der Waals surface area contributed by atoms with Crippen LogP contribution in [0.5, 0.6) is 0 Å². The van der Waals surface area contributed by atoms with Gasteiger partial charge in [-0.15, -0.1) is 11.3 Å². The smallest absolute Gasteiger partial charge is 0.271 e. The number of hydrogen-bond donors (Lipinski definition) is 1. The molecule has 0 saturated heterocycles. The van der Waals surface area contributed by atoms with Crippen LogP contribution in [0.15, 0.2) is 47.5 Å². The number of amides is 1. The normalized spacial score (nSPS) is 11.7. The molecule has 3 aromatic rings. The maximum Gasteiger partial charge on any atom is 0.271 e. The molecule has 0 fully saturated rings. The average Bonchev–Trinajstić information content (AvgIpc) is 3.02.